The number of methoxy groups -OCH3 is 1. The highest BCUT2D eigenvalue weighted by molar-refractivity contribution is 6.39. The number of Topliss-reactive ketones (excluding diaryl/α,β-unsaturated/α-hetero) is 1. The second-order valence-corrected chi connectivity index (χ2v) is 3.89. The maximum atomic E-state index is 11.5. The topological polar surface area (TPSA) is 76.0 Å². The Hall–Kier alpha value is -1.39. The summed E-state index contributed by atoms with van der Waals surface area (Å²) >= 11 is 0. The predicted octanol–water partition coefficient (Wildman–Crippen LogP) is 0.995. The van der Waals surface area contributed by atoms with Gasteiger partial charge in [0.25, 0.3) is 0 Å². The molecular weight excluding hydrogens is 186 g/mol. The lowest BCUT2D eigenvalue weighted by atomic mass is 9.88. The molecule has 0 rings (SSSR count). The van der Waals surface area contributed by atoms with E-state index in [0.29, 0.717) is 0 Å². The number of hydrogen-bond acceptors (Lipinski definition) is 5. The summed E-state index contributed by atoms with van der Waals surface area (Å²) in [6.07, 6.45) is -0.216. The lowest BCUT2D eigenvalue weighted by Crippen LogP contribution is -2.27. The third-order valence-electron chi connectivity index (χ3n) is 1.71. The van der Waals surface area contributed by atoms with E-state index in [2.05, 4.69) is 9.89 Å². The van der Waals surface area contributed by atoms with Gasteiger partial charge in [0.15, 0.2) is 5.71 Å². The van der Waals surface area contributed by atoms with E-state index in [1.54, 1.807) is 20.8 Å². The molecule has 0 amide bonds. The van der Waals surface area contributed by atoms with E-state index in [-0.39, 0.29) is 17.9 Å². The molecule has 0 saturated heterocycles. The Balaban J connectivity index is 4.52. The van der Waals surface area contributed by atoms with Crippen LogP contribution < -0.4 is 0 Å². The van der Waals surface area contributed by atoms with Crippen LogP contribution in [0.3, 0.4) is 0 Å². The molecule has 5 nitrogen and oxygen atoms in total. The largest absolute Gasteiger partial charge is 0.464 e. The fraction of sp³-hybridized carbons (Fsp3) is 0.667. The lowest BCUT2D eigenvalue weighted by molar-refractivity contribution is -0.134. The van der Waals surface area contributed by atoms with Gasteiger partial charge in [-0.1, -0.05) is 25.9 Å². The van der Waals surface area contributed by atoms with E-state index in [0.717, 1.165) is 7.11 Å². The fourth-order valence-electron chi connectivity index (χ4n) is 0.683. The molecule has 0 atom stereocenters. The third kappa shape index (κ3) is 3.55. The zero-order valence-electron chi connectivity index (χ0n) is 8.83. The zero-order chi connectivity index (χ0) is 11.4. The number of esters is 1. The minimum Gasteiger partial charge on any atom is -0.464 e. The number of ketones is 1. The molecule has 0 heterocycles. The molecule has 0 saturated carbocycles. The van der Waals surface area contributed by atoms with Gasteiger partial charge in [-0.25, -0.2) is 4.79 Å². The van der Waals surface area contributed by atoms with Crippen LogP contribution in [-0.4, -0.2) is 29.8 Å². The van der Waals surface area contributed by atoms with Crippen LogP contribution in [0.15, 0.2) is 5.16 Å². The first-order valence-electron chi connectivity index (χ1n) is 4.15. The average molecular weight is 201 g/mol. The van der Waals surface area contributed by atoms with Crippen molar-refractivity contribution in [2.45, 2.75) is 27.2 Å². The molecule has 0 aromatic carbocycles. The van der Waals surface area contributed by atoms with E-state index >= 15 is 0 Å². The Morgan fingerprint density at radius 2 is 1.86 bits per heavy atom. The van der Waals surface area contributed by atoms with Crippen LogP contribution in [0.2, 0.25) is 0 Å². The number of hydrogen-bond donors (Lipinski definition) is 1. The standard InChI is InChI=1S/C9H15NO4/c1-9(2,3)7(11)5-6(10-13)8(12)14-4/h13H,5H2,1-4H3/b10-6-. The smallest absolute Gasteiger partial charge is 0.356 e. The highest BCUT2D eigenvalue weighted by Crippen LogP contribution is 2.17. The first kappa shape index (κ1) is 12.6. The fourth-order valence-corrected chi connectivity index (χ4v) is 0.683. The Morgan fingerprint density at radius 1 is 1.36 bits per heavy atom. The number of nitrogens with zero attached hydrogens (tertiary/aromatic N) is 1. The molecular formula is C9H15NO4. The molecule has 0 aromatic heterocycles. The number of oxime groups is 1. The summed E-state index contributed by atoms with van der Waals surface area (Å²) in [7, 11) is 1.16. The maximum absolute atomic E-state index is 11.5. The zero-order valence-corrected chi connectivity index (χ0v) is 8.83. The van der Waals surface area contributed by atoms with Crippen molar-refractivity contribution in [3.63, 3.8) is 0 Å². The van der Waals surface area contributed by atoms with Crippen LogP contribution in [0, 0.1) is 5.41 Å². The van der Waals surface area contributed by atoms with E-state index in [1.807, 2.05) is 0 Å². The van der Waals surface area contributed by atoms with Crippen molar-refractivity contribution in [3.8, 4) is 0 Å². The van der Waals surface area contributed by atoms with E-state index < -0.39 is 11.4 Å². The van der Waals surface area contributed by atoms with Gasteiger partial charge in [0.1, 0.15) is 5.78 Å². The van der Waals surface area contributed by atoms with E-state index in [1.165, 1.54) is 0 Å². The SMILES string of the molecule is COC(=O)/C(CC(=O)C(C)(C)C)=N\O. The van der Waals surface area contributed by atoms with Crippen LogP contribution in [-0.2, 0) is 14.3 Å². The Labute approximate surface area is 82.7 Å². The van der Waals surface area contributed by atoms with Gasteiger partial charge >= 0.3 is 5.97 Å². The molecule has 0 radical (unpaired) electrons. The summed E-state index contributed by atoms with van der Waals surface area (Å²) in [6, 6.07) is 0. The number of ether oxygens (including phenoxy) is 1. The van der Waals surface area contributed by atoms with Crippen molar-refractivity contribution in [2.24, 2.45) is 10.6 Å². The monoisotopic (exact) mass is 201 g/mol. The highest BCUT2D eigenvalue weighted by Gasteiger charge is 2.26. The number of carbonyl (C=O) groups excluding carboxylic acids is 2. The van der Waals surface area contributed by atoms with Gasteiger partial charge in [0.2, 0.25) is 0 Å². The van der Waals surface area contributed by atoms with E-state index in [9.17, 15) is 9.59 Å². The molecule has 0 aliphatic carbocycles. The Kier molecular flexibility index (Phi) is 4.27. The summed E-state index contributed by atoms with van der Waals surface area (Å²) in [5, 5.41) is 11.2. The van der Waals surface area contributed by atoms with Crippen LogP contribution in [0.1, 0.15) is 27.2 Å². The second kappa shape index (κ2) is 4.74. The molecule has 1 N–H and O–H groups in total. The predicted molar refractivity (Wildman–Crippen MR) is 50.3 cm³/mol. The van der Waals surface area contributed by atoms with Gasteiger partial charge in [0.05, 0.1) is 13.5 Å². The molecule has 0 bridgehead atoms. The molecule has 14 heavy (non-hydrogen) atoms. The molecule has 0 fully saturated rings. The summed E-state index contributed by atoms with van der Waals surface area (Å²) in [4.78, 5) is 22.4. The van der Waals surface area contributed by atoms with Gasteiger partial charge < -0.3 is 9.94 Å². The van der Waals surface area contributed by atoms with E-state index in [4.69, 9.17) is 5.21 Å². The summed E-state index contributed by atoms with van der Waals surface area (Å²) in [5.74, 6) is -0.971. The Morgan fingerprint density at radius 3 is 2.14 bits per heavy atom. The van der Waals surface area contributed by atoms with Gasteiger partial charge in [-0.05, 0) is 0 Å². The molecule has 0 aliphatic heterocycles. The molecule has 5 heteroatoms. The minimum atomic E-state index is -0.787. The first-order chi connectivity index (χ1) is 6.32. The number of rotatable bonds is 3. The highest BCUT2D eigenvalue weighted by atomic mass is 16.5. The van der Waals surface area contributed by atoms with Crippen molar-refractivity contribution in [2.75, 3.05) is 7.11 Å². The minimum absolute atomic E-state index is 0.185. The molecule has 80 valence electrons. The van der Waals surface area contributed by atoms with Crippen LogP contribution in [0.25, 0.3) is 0 Å². The van der Waals surface area contributed by atoms with Crippen molar-refractivity contribution >= 4 is 17.5 Å². The van der Waals surface area contributed by atoms with Crippen LogP contribution in [0.5, 0.6) is 0 Å². The molecule has 0 aliphatic rings. The summed E-state index contributed by atoms with van der Waals surface area (Å²) < 4.78 is 4.33. The average Bonchev–Trinajstić information content (AvgIpc) is 2.10. The van der Waals surface area contributed by atoms with Crippen LogP contribution in [0.4, 0.5) is 0 Å². The van der Waals surface area contributed by atoms with Crippen molar-refractivity contribution in [3.05, 3.63) is 0 Å². The Bertz CT molecular complexity index is 262. The van der Waals surface area contributed by atoms with Gasteiger partial charge in [0, 0.05) is 5.41 Å². The maximum Gasteiger partial charge on any atom is 0.356 e. The van der Waals surface area contributed by atoms with Crippen molar-refractivity contribution in [1.82, 2.24) is 0 Å². The molecule has 0 aromatic rings. The van der Waals surface area contributed by atoms with Crippen molar-refractivity contribution in [1.29, 1.82) is 0 Å². The van der Waals surface area contributed by atoms with Crippen LogP contribution >= 0.6 is 0 Å². The molecule has 0 unspecified atom stereocenters. The quantitative estimate of drug-likeness (QED) is 0.320. The summed E-state index contributed by atoms with van der Waals surface area (Å²) in [5.41, 5.74) is -0.836. The van der Waals surface area contributed by atoms with Gasteiger partial charge in [-0.3, -0.25) is 4.79 Å². The normalized spacial score (nSPS) is 12.4. The van der Waals surface area contributed by atoms with Crippen molar-refractivity contribution < 1.29 is 19.5 Å². The second-order valence-electron chi connectivity index (χ2n) is 3.89. The first-order valence-corrected chi connectivity index (χ1v) is 4.15. The van der Waals surface area contributed by atoms with Gasteiger partial charge in [-0.2, -0.15) is 0 Å². The molecule has 0 spiro atoms. The van der Waals surface area contributed by atoms with Gasteiger partial charge in [-0.15, -0.1) is 0 Å². The lowest BCUT2D eigenvalue weighted by Gasteiger charge is -2.15. The third-order valence-corrected chi connectivity index (χ3v) is 1.71. The summed E-state index contributed by atoms with van der Waals surface area (Å²) in [6.45, 7) is 5.17. The number of carbonyl (C=O) groups is 2.